The van der Waals surface area contributed by atoms with Crippen LogP contribution >= 0.6 is 0 Å². The summed E-state index contributed by atoms with van der Waals surface area (Å²) in [6.07, 6.45) is 4.75. The Morgan fingerprint density at radius 2 is 0.618 bits per heavy atom. The number of aromatic hydroxyl groups is 6. The highest BCUT2D eigenvalue weighted by molar-refractivity contribution is 5.65. The lowest BCUT2D eigenvalue weighted by molar-refractivity contribution is 0.285. The maximum absolute atomic E-state index is 12.4. The van der Waals surface area contributed by atoms with E-state index in [1.54, 1.807) is 18.2 Å². The molecule has 7 aromatic carbocycles. The van der Waals surface area contributed by atoms with Crippen molar-refractivity contribution in [3.05, 3.63) is 235 Å². The molecule has 8 heteroatoms. The number of fused-ring (bicyclic) bond motifs is 8. The molecule has 0 amide bonds. The van der Waals surface area contributed by atoms with Crippen molar-refractivity contribution in [1.29, 1.82) is 0 Å². The van der Waals surface area contributed by atoms with Gasteiger partial charge in [0.1, 0.15) is 46.0 Å². The van der Waals surface area contributed by atoms with Crippen LogP contribution in [-0.4, -0.2) is 40.9 Å². The molecule has 0 aromatic heterocycles. The van der Waals surface area contributed by atoms with Gasteiger partial charge in [-0.2, -0.15) is 0 Å². The van der Waals surface area contributed by atoms with E-state index < -0.39 is 29.6 Å². The fourth-order valence-corrected chi connectivity index (χ4v) is 12.1. The van der Waals surface area contributed by atoms with E-state index in [1.807, 2.05) is 72.8 Å². The number of aliphatic hydroxyl groups is 2. The minimum atomic E-state index is -0.902. The first-order valence-corrected chi connectivity index (χ1v) is 27.1. The van der Waals surface area contributed by atoms with Gasteiger partial charge in [-0.1, -0.05) is 152 Å². The molecule has 8 bridgehead atoms. The van der Waals surface area contributed by atoms with Crippen LogP contribution in [0.2, 0.25) is 0 Å². The monoisotopic (exact) mass is 1020 g/mol. The summed E-state index contributed by atoms with van der Waals surface area (Å²) in [6.45, 7) is 17.3. The third-order valence-corrected chi connectivity index (χ3v) is 15.5. The molecule has 7 aromatic rings. The van der Waals surface area contributed by atoms with Gasteiger partial charge in [0, 0.05) is 87.2 Å². The Balaban J connectivity index is 1.40. The normalized spacial score (nSPS) is 18.7. The minimum Gasteiger partial charge on any atom is -0.512 e. The number of allylic oxidation sites excluding steroid dienone is 3. The molecule has 0 saturated heterocycles. The van der Waals surface area contributed by atoms with Gasteiger partial charge in [0.25, 0.3) is 0 Å². The van der Waals surface area contributed by atoms with E-state index in [9.17, 15) is 40.9 Å². The van der Waals surface area contributed by atoms with Crippen LogP contribution in [0.3, 0.4) is 0 Å². The zero-order chi connectivity index (χ0) is 54.3. The highest BCUT2D eigenvalue weighted by Gasteiger charge is 2.40. The van der Waals surface area contributed by atoms with E-state index in [-0.39, 0.29) is 52.4 Å². The Hall–Kier alpha value is -7.58. The summed E-state index contributed by atoms with van der Waals surface area (Å²) in [6, 6.07) is 41.6. The molecule has 9 rings (SSSR count). The second-order valence-corrected chi connectivity index (χ2v) is 23.3. The van der Waals surface area contributed by atoms with E-state index in [2.05, 4.69) is 79.7 Å². The van der Waals surface area contributed by atoms with Gasteiger partial charge in [-0.15, -0.1) is 0 Å². The van der Waals surface area contributed by atoms with Crippen molar-refractivity contribution in [2.75, 3.05) is 0 Å². The molecule has 0 fully saturated rings. The molecule has 0 radical (unpaired) electrons. The molecule has 2 aliphatic carbocycles. The highest BCUT2D eigenvalue weighted by atomic mass is 16.3. The molecule has 8 nitrogen and oxygen atoms in total. The second-order valence-electron chi connectivity index (χ2n) is 23.3. The van der Waals surface area contributed by atoms with Crippen LogP contribution in [0, 0.1) is 29.6 Å². The average molecular weight is 1020 g/mol. The summed E-state index contributed by atoms with van der Waals surface area (Å²) in [5.41, 5.74) is 10.0. The van der Waals surface area contributed by atoms with E-state index >= 15 is 0 Å². The first-order chi connectivity index (χ1) is 36.2. The molecule has 0 heterocycles. The van der Waals surface area contributed by atoms with Crippen LogP contribution in [-0.2, 0) is 25.7 Å². The summed E-state index contributed by atoms with van der Waals surface area (Å²) in [5.74, 6) is -4.38. The molecule has 0 spiro atoms. The van der Waals surface area contributed by atoms with Crippen molar-refractivity contribution in [3.63, 3.8) is 0 Å². The number of rotatable bonds is 12. The van der Waals surface area contributed by atoms with Crippen molar-refractivity contribution >= 4 is 0 Å². The van der Waals surface area contributed by atoms with Crippen molar-refractivity contribution < 1.29 is 40.9 Å². The van der Waals surface area contributed by atoms with Gasteiger partial charge in [-0.05, 0) is 124 Å². The third-order valence-electron chi connectivity index (χ3n) is 15.5. The lowest BCUT2D eigenvalue weighted by Gasteiger charge is -2.35. The number of benzene rings is 7. The lowest BCUT2D eigenvalue weighted by Crippen LogP contribution is -2.24. The number of aliphatic hydroxyl groups excluding tert-OH is 2. The van der Waals surface area contributed by atoms with Gasteiger partial charge < -0.3 is 40.9 Å². The number of phenols is 6. The smallest absolute Gasteiger partial charge is 0.123 e. The first kappa shape index (κ1) is 53.3. The first-order valence-electron chi connectivity index (χ1n) is 27.1. The Morgan fingerprint density at radius 3 is 0.947 bits per heavy atom. The zero-order valence-electron chi connectivity index (χ0n) is 45.1. The molecule has 76 heavy (non-hydrogen) atoms. The van der Waals surface area contributed by atoms with Crippen LogP contribution in [0.1, 0.15) is 163 Å². The lowest BCUT2D eigenvalue weighted by atomic mass is 9.69. The predicted molar refractivity (Wildman–Crippen MR) is 303 cm³/mol. The average Bonchev–Trinajstić information content (AvgIpc) is 3.35. The SMILES string of the molecule is CC(C)Cc1ccc(C2C3=C(O)C=C(O)C(C3)C(c3ccc(CC(C)C)cc3)c3cc(c(O)cc3O)C(c3ccc(CC(C)C)cc3)c3cc(c(O)cc3O)C(c3ccc(CC(C)C)cc3)c3cc2c(O)cc3O)cc1. The van der Waals surface area contributed by atoms with Gasteiger partial charge in [0.2, 0.25) is 0 Å². The molecule has 2 aliphatic rings. The quantitative estimate of drug-likeness (QED) is 0.0600. The van der Waals surface area contributed by atoms with Gasteiger partial charge >= 0.3 is 0 Å². The molecule has 8 N–H and O–H groups in total. The van der Waals surface area contributed by atoms with Crippen LogP contribution in [0.5, 0.6) is 34.5 Å². The minimum absolute atomic E-state index is 0.0540. The summed E-state index contributed by atoms with van der Waals surface area (Å²) in [5, 5.41) is 98.6. The van der Waals surface area contributed by atoms with E-state index in [0.29, 0.717) is 73.8 Å². The fourth-order valence-electron chi connectivity index (χ4n) is 12.1. The van der Waals surface area contributed by atoms with E-state index in [4.69, 9.17) is 0 Å². The van der Waals surface area contributed by atoms with Crippen LogP contribution in [0.15, 0.2) is 157 Å². The molecule has 0 aliphatic heterocycles. The third kappa shape index (κ3) is 11.0. The largest absolute Gasteiger partial charge is 0.512 e. The fraction of sp³-hybridized carbons (Fsp3) is 0.324. The maximum atomic E-state index is 12.4. The Morgan fingerprint density at radius 1 is 0.342 bits per heavy atom. The Bertz CT molecular complexity index is 3270. The molecule has 5 unspecified atom stereocenters. The molecule has 5 atom stereocenters. The van der Waals surface area contributed by atoms with Crippen LogP contribution in [0.4, 0.5) is 0 Å². The summed E-state index contributed by atoms with van der Waals surface area (Å²) in [7, 11) is 0. The molecular weight excluding hydrogens is 945 g/mol. The summed E-state index contributed by atoms with van der Waals surface area (Å²) < 4.78 is 0. The van der Waals surface area contributed by atoms with Gasteiger partial charge in [0.15, 0.2) is 0 Å². The van der Waals surface area contributed by atoms with Crippen molar-refractivity contribution in [1.82, 2.24) is 0 Å². The Kier molecular flexibility index (Phi) is 15.4. The van der Waals surface area contributed by atoms with Crippen molar-refractivity contribution in [2.24, 2.45) is 29.6 Å². The second kappa shape index (κ2) is 21.9. The standard InChI is InChI=1S/C68H74O8/c1-37(2)25-41-9-17-45(18-10-41)65-49-29-51(59(71)33-57(49)69)66(46-19-11-42(12-20-46)26-38(3)4)53-31-55(63(75)35-61(53)73)68(48-23-15-44(16-24-48)28-40(7)8)56-32-54(62(74)36-64(56)76)67(52-30-50(65)58(70)34-60(52)72)47-21-13-43(14-22-47)27-39(5)6/h9-24,29-31,33-40,54,65-76H,25-28,32H2,1-8H3. The topological polar surface area (TPSA) is 162 Å². The van der Waals surface area contributed by atoms with Gasteiger partial charge in [-0.25, -0.2) is 0 Å². The van der Waals surface area contributed by atoms with Gasteiger partial charge in [-0.3, -0.25) is 0 Å². The highest BCUT2D eigenvalue weighted by Crippen LogP contribution is 2.55. The van der Waals surface area contributed by atoms with Gasteiger partial charge in [0.05, 0.1) is 0 Å². The van der Waals surface area contributed by atoms with E-state index in [0.717, 1.165) is 59.1 Å². The van der Waals surface area contributed by atoms with Crippen molar-refractivity contribution in [3.8, 4) is 34.5 Å². The summed E-state index contributed by atoms with van der Waals surface area (Å²) >= 11 is 0. The molecular formula is C68H74O8. The summed E-state index contributed by atoms with van der Waals surface area (Å²) in [4.78, 5) is 0. The maximum Gasteiger partial charge on any atom is 0.123 e. The predicted octanol–water partition coefficient (Wildman–Crippen LogP) is 15.6. The van der Waals surface area contributed by atoms with Crippen LogP contribution in [0.25, 0.3) is 0 Å². The number of hydrogen-bond acceptors (Lipinski definition) is 8. The number of phenolic OH excluding ortho intramolecular Hbond substituents is 6. The van der Waals surface area contributed by atoms with Crippen molar-refractivity contribution in [2.45, 2.75) is 111 Å². The zero-order valence-corrected chi connectivity index (χ0v) is 45.1. The molecule has 394 valence electrons. The van der Waals surface area contributed by atoms with E-state index in [1.165, 1.54) is 24.3 Å². The Labute approximate surface area is 448 Å². The molecule has 0 saturated carbocycles. The van der Waals surface area contributed by atoms with Crippen LogP contribution < -0.4 is 0 Å². The number of hydrogen-bond donors (Lipinski definition) is 8.